The van der Waals surface area contributed by atoms with Crippen LogP contribution in [0.15, 0.2) is 30.6 Å². The van der Waals surface area contributed by atoms with Crippen molar-refractivity contribution in [3.8, 4) is 0 Å². The Kier molecular flexibility index (Phi) is 3.73. The van der Waals surface area contributed by atoms with Gasteiger partial charge in [0.25, 0.3) is 0 Å². The number of nitrogens with zero attached hydrogens (tertiary/aromatic N) is 1. The van der Waals surface area contributed by atoms with Crippen molar-refractivity contribution in [2.75, 3.05) is 17.7 Å². The summed E-state index contributed by atoms with van der Waals surface area (Å²) in [6.07, 6.45) is 9.20. The summed E-state index contributed by atoms with van der Waals surface area (Å²) in [4.78, 5) is 13.9. The molecule has 1 aliphatic carbocycles. The van der Waals surface area contributed by atoms with E-state index < -0.39 is 0 Å². The summed E-state index contributed by atoms with van der Waals surface area (Å²) in [5.41, 5.74) is 8.16. The molecule has 1 saturated carbocycles. The molecule has 3 N–H and O–H groups in total. The van der Waals surface area contributed by atoms with Crippen molar-refractivity contribution in [2.24, 2.45) is 5.92 Å². The highest BCUT2D eigenvalue weighted by Crippen LogP contribution is 2.35. The average Bonchev–Trinajstić information content (AvgIpc) is 3.17. The third kappa shape index (κ3) is 2.55. The van der Waals surface area contributed by atoms with Gasteiger partial charge in [-0.25, -0.2) is 4.79 Å². The number of methoxy groups -OCH3 is 1. The maximum Gasteiger partial charge on any atom is 0.337 e. The predicted octanol–water partition coefficient (Wildman–Crippen LogP) is 2.45. The number of nitrogen functional groups attached to an aromatic ring is 1. The Morgan fingerprint density at radius 1 is 1.38 bits per heavy atom. The van der Waals surface area contributed by atoms with Crippen LogP contribution in [0.25, 0.3) is 0 Å². The molecule has 1 fully saturated rings. The van der Waals surface area contributed by atoms with Crippen LogP contribution in [-0.2, 0) is 4.74 Å². The Labute approximate surface area is 124 Å². The number of anilines is 2. The van der Waals surface area contributed by atoms with Crippen molar-refractivity contribution in [1.82, 2.24) is 5.32 Å². The third-order valence-electron chi connectivity index (χ3n) is 4.38. The van der Waals surface area contributed by atoms with Crippen molar-refractivity contribution < 1.29 is 9.53 Å². The van der Waals surface area contributed by atoms with E-state index in [0.717, 1.165) is 5.69 Å². The summed E-state index contributed by atoms with van der Waals surface area (Å²) in [5.74, 6) is 0.269. The van der Waals surface area contributed by atoms with E-state index in [-0.39, 0.29) is 12.1 Å². The molecule has 0 spiro atoms. The smallest absolute Gasteiger partial charge is 0.337 e. The van der Waals surface area contributed by atoms with E-state index in [2.05, 4.69) is 10.2 Å². The van der Waals surface area contributed by atoms with Crippen LogP contribution in [0.5, 0.6) is 0 Å². The number of nitrogens with two attached hydrogens (primary N) is 1. The summed E-state index contributed by atoms with van der Waals surface area (Å²) >= 11 is 0. The Hall–Kier alpha value is -2.17. The van der Waals surface area contributed by atoms with Crippen LogP contribution in [0.2, 0.25) is 0 Å². The molecule has 1 aromatic carbocycles. The Morgan fingerprint density at radius 3 is 2.86 bits per heavy atom. The molecule has 0 saturated heterocycles. The first-order chi connectivity index (χ1) is 10.2. The van der Waals surface area contributed by atoms with E-state index in [1.54, 1.807) is 18.2 Å². The molecule has 2 aliphatic rings. The number of nitrogens with one attached hydrogen (secondary N) is 1. The third-order valence-corrected chi connectivity index (χ3v) is 4.38. The van der Waals surface area contributed by atoms with Gasteiger partial charge >= 0.3 is 5.97 Å². The van der Waals surface area contributed by atoms with Crippen LogP contribution in [-0.4, -0.2) is 19.2 Å². The number of ether oxygens (including phenoxy) is 1. The summed E-state index contributed by atoms with van der Waals surface area (Å²) in [6, 6.07) is 5.27. The monoisotopic (exact) mass is 287 g/mol. The maximum atomic E-state index is 11.7. The Balaban J connectivity index is 1.90. The average molecular weight is 287 g/mol. The molecule has 21 heavy (non-hydrogen) atoms. The number of hydrogen-bond donors (Lipinski definition) is 2. The molecule has 1 heterocycles. The predicted molar refractivity (Wildman–Crippen MR) is 82.7 cm³/mol. The van der Waals surface area contributed by atoms with Gasteiger partial charge in [-0.2, -0.15) is 0 Å². The second-order valence-corrected chi connectivity index (χ2v) is 5.64. The van der Waals surface area contributed by atoms with E-state index in [4.69, 9.17) is 10.5 Å². The fourth-order valence-corrected chi connectivity index (χ4v) is 3.27. The van der Waals surface area contributed by atoms with Crippen molar-refractivity contribution in [3.05, 3.63) is 36.2 Å². The zero-order chi connectivity index (χ0) is 14.8. The molecule has 1 aliphatic heterocycles. The minimum atomic E-state index is -0.343. The second-order valence-electron chi connectivity index (χ2n) is 5.64. The highest BCUT2D eigenvalue weighted by Gasteiger charge is 2.32. The standard InChI is InChI=1S/C16H21N3O2/c1-21-16(20)12-6-7-13(17)14(10-12)19-9-8-18-15(19)11-4-2-3-5-11/h6-11,15,18H,2-5,17H2,1H3. The van der Waals surface area contributed by atoms with Crippen LogP contribution < -0.4 is 16.0 Å². The van der Waals surface area contributed by atoms with Crippen LogP contribution in [0.1, 0.15) is 36.0 Å². The van der Waals surface area contributed by atoms with Crippen LogP contribution in [0.3, 0.4) is 0 Å². The molecule has 0 radical (unpaired) electrons. The highest BCUT2D eigenvalue weighted by molar-refractivity contribution is 5.92. The summed E-state index contributed by atoms with van der Waals surface area (Å²) in [7, 11) is 1.39. The molecule has 1 aromatic rings. The van der Waals surface area contributed by atoms with Gasteiger partial charge in [0, 0.05) is 12.4 Å². The lowest BCUT2D eigenvalue weighted by atomic mass is 10.0. The van der Waals surface area contributed by atoms with Crippen molar-refractivity contribution >= 4 is 17.3 Å². The van der Waals surface area contributed by atoms with Crippen molar-refractivity contribution in [3.63, 3.8) is 0 Å². The fourth-order valence-electron chi connectivity index (χ4n) is 3.27. The molecule has 1 atom stereocenters. The minimum absolute atomic E-state index is 0.225. The van der Waals surface area contributed by atoms with E-state index in [1.807, 2.05) is 12.4 Å². The quantitative estimate of drug-likeness (QED) is 0.660. The van der Waals surface area contributed by atoms with Gasteiger partial charge in [-0.05, 0) is 37.0 Å². The number of hydrogen-bond acceptors (Lipinski definition) is 5. The Bertz CT molecular complexity index is 565. The number of carbonyl (C=O) groups is 1. The molecule has 112 valence electrons. The lowest BCUT2D eigenvalue weighted by molar-refractivity contribution is 0.0601. The zero-order valence-corrected chi connectivity index (χ0v) is 12.2. The van der Waals surface area contributed by atoms with E-state index >= 15 is 0 Å². The van der Waals surface area contributed by atoms with Gasteiger partial charge in [-0.15, -0.1) is 0 Å². The van der Waals surface area contributed by atoms with Crippen molar-refractivity contribution in [2.45, 2.75) is 31.8 Å². The van der Waals surface area contributed by atoms with Crippen molar-refractivity contribution in [1.29, 1.82) is 0 Å². The fraction of sp³-hybridized carbons (Fsp3) is 0.438. The normalized spacial score (nSPS) is 21.6. The number of carbonyl (C=O) groups excluding carboxylic acids is 1. The SMILES string of the molecule is COC(=O)c1ccc(N)c(N2C=CNC2C2CCCC2)c1. The van der Waals surface area contributed by atoms with Gasteiger partial charge in [0.05, 0.1) is 24.0 Å². The number of esters is 1. The van der Waals surface area contributed by atoms with Crippen LogP contribution >= 0.6 is 0 Å². The number of benzene rings is 1. The molecule has 0 bridgehead atoms. The zero-order valence-electron chi connectivity index (χ0n) is 12.2. The van der Waals surface area contributed by atoms with Crippen LogP contribution in [0.4, 0.5) is 11.4 Å². The summed E-state index contributed by atoms with van der Waals surface area (Å²) < 4.78 is 4.79. The van der Waals surface area contributed by atoms with Gasteiger partial charge in [0.2, 0.25) is 0 Å². The maximum absolute atomic E-state index is 11.7. The summed E-state index contributed by atoms with van der Waals surface area (Å²) in [5, 5.41) is 3.41. The topological polar surface area (TPSA) is 67.6 Å². The van der Waals surface area contributed by atoms with Crippen LogP contribution in [0, 0.1) is 5.92 Å². The first-order valence-electron chi connectivity index (χ1n) is 7.39. The minimum Gasteiger partial charge on any atom is -0.465 e. The lowest BCUT2D eigenvalue weighted by Crippen LogP contribution is -2.41. The molecule has 0 aromatic heterocycles. The van der Waals surface area contributed by atoms with Gasteiger partial charge in [-0.3, -0.25) is 0 Å². The van der Waals surface area contributed by atoms with E-state index in [1.165, 1.54) is 32.8 Å². The van der Waals surface area contributed by atoms with Gasteiger partial charge in [0.1, 0.15) is 6.17 Å². The molecular formula is C16H21N3O2. The van der Waals surface area contributed by atoms with E-state index in [9.17, 15) is 4.79 Å². The Morgan fingerprint density at radius 2 is 2.14 bits per heavy atom. The molecule has 3 rings (SSSR count). The first kappa shape index (κ1) is 13.8. The molecule has 1 unspecified atom stereocenters. The molecule has 5 heteroatoms. The second kappa shape index (κ2) is 5.68. The van der Waals surface area contributed by atoms with Gasteiger partial charge in [0.15, 0.2) is 0 Å². The largest absolute Gasteiger partial charge is 0.465 e. The molecular weight excluding hydrogens is 266 g/mol. The molecule has 5 nitrogen and oxygen atoms in total. The lowest BCUT2D eigenvalue weighted by Gasteiger charge is -2.31. The van der Waals surface area contributed by atoms with Gasteiger partial charge < -0.3 is 20.7 Å². The van der Waals surface area contributed by atoms with Gasteiger partial charge in [-0.1, -0.05) is 12.8 Å². The first-order valence-corrected chi connectivity index (χ1v) is 7.39. The van der Waals surface area contributed by atoms with E-state index in [0.29, 0.717) is 17.2 Å². The highest BCUT2D eigenvalue weighted by atomic mass is 16.5. The number of rotatable bonds is 3. The molecule has 0 amide bonds. The summed E-state index contributed by atoms with van der Waals surface area (Å²) in [6.45, 7) is 0.